The lowest BCUT2D eigenvalue weighted by molar-refractivity contribution is 0.0513. The quantitative estimate of drug-likeness (QED) is 0.729. The number of hydrogen-bond acceptors (Lipinski definition) is 4. The standard InChI is InChI=1S/C11H17F2N3O2/c1-4-18-11(17)8-7-14-16(6-5-15(2)3)9(8)10(12)13/h7,10H,4-6H2,1-3H3. The summed E-state index contributed by atoms with van der Waals surface area (Å²) in [5, 5.41) is 3.82. The van der Waals surface area contributed by atoms with Crippen LogP contribution in [0.25, 0.3) is 0 Å². The Morgan fingerprint density at radius 3 is 2.72 bits per heavy atom. The Labute approximate surface area is 104 Å². The summed E-state index contributed by atoms with van der Waals surface area (Å²) in [4.78, 5) is 13.4. The lowest BCUT2D eigenvalue weighted by Gasteiger charge is -2.12. The molecule has 1 aromatic heterocycles. The minimum absolute atomic E-state index is 0.143. The van der Waals surface area contributed by atoms with E-state index in [1.807, 2.05) is 19.0 Å². The van der Waals surface area contributed by atoms with Crippen LogP contribution in [0.4, 0.5) is 8.78 Å². The lowest BCUT2D eigenvalue weighted by Crippen LogP contribution is -2.21. The Morgan fingerprint density at radius 1 is 1.56 bits per heavy atom. The summed E-state index contributed by atoms with van der Waals surface area (Å²) < 4.78 is 31.8. The van der Waals surface area contributed by atoms with E-state index in [-0.39, 0.29) is 17.9 Å². The second kappa shape index (κ2) is 6.44. The molecule has 1 aromatic rings. The average Bonchev–Trinajstić information content (AvgIpc) is 2.70. The number of carbonyl (C=O) groups excluding carboxylic acids is 1. The van der Waals surface area contributed by atoms with E-state index in [9.17, 15) is 13.6 Å². The fourth-order valence-corrected chi connectivity index (χ4v) is 1.46. The van der Waals surface area contributed by atoms with E-state index in [4.69, 9.17) is 4.74 Å². The van der Waals surface area contributed by atoms with Crippen molar-refractivity contribution in [3.8, 4) is 0 Å². The zero-order valence-electron chi connectivity index (χ0n) is 10.7. The van der Waals surface area contributed by atoms with Crippen molar-refractivity contribution in [2.45, 2.75) is 19.9 Å². The van der Waals surface area contributed by atoms with Gasteiger partial charge < -0.3 is 9.64 Å². The average molecular weight is 261 g/mol. The van der Waals surface area contributed by atoms with E-state index in [1.54, 1.807) is 6.92 Å². The van der Waals surface area contributed by atoms with Gasteiger partial charge in [-0.15, -0.1) is 0 Å². The Morgan fingerprint density at radius 2 is 2.22 bits per heavy atom. The highest BCUT2D eigenvalue weighted by molar-refractivity contribution is 5.90. The Balaban J connectivity index is 2.95. The van der Waals surface area contributed by atoms with Gasteiger partial charge in [0, 0.05) is 6.54 Å². The molecule has 0 atom stereocenters. The van der Waals surface area contributed by atoms with Crippen LogP contribution in [-0.4, -0.2) is 47.9 Å². The molecule has 0 spiro atoms. The summed E-state index contributed by atoms with van der Waals surface area (Å²) in [7, 11) is 3.66. The minimum atomic E-state index is -2.76. The molecule has 0 saturated carbocycles. The molecule has 0 radical (unpaired) electrons. The van der Waals surface area contributed by atoms with Gasteiger partial charge in [0.05, 0.1) is 19.3 Å². The predicted octanol–water partition coefficient (Wildman–Crippen LogP) is 1.56. The van der Waals surface area contributed by atoms with Gasteiger partial charge in [-0.25, -0.2) is 13.6 Å². The van der Waals surface area contributed by atoms with Crippen molar-refractivity contribution in [3.05, 3.63) is 17.5 Å². The van der Waals surface area contributed by atoms with Crippen LogP contribution in [0.15, 0.2) is 6.20 Å². The topological polar surface area (TPSA) is 47.4 Å². The predicted molar refractivity (Wildman–Crippen MR) is 61.7 cm³/mol. The maximum absolute atomic E-state index is 13.0. The fraction of sp³-hybridized carbons (Fsp3) is 0.636. The normalized spacial score (nSPS) is 11.3. The molecule has 5 nitrogen and oxygen atoms in total. The number of halogens is 2. The summed E-state index contributed by atoms with van der Waals surface area (Å²) in [5.74, 6) is -0.760. The van der Waals surface area contributed by atoms with E-state index in [0.717, 1.165) is 10.9 Å². The van der Waals surface area contributed by atoms with Gasteiger partial charge in [0.1, 0.15) is 11.3 Å². The van der Waals surface area contributed by atoms with E-state index < -0.39 is 12.4 Å². The van der Waals surface area contributed by atoms with E-state index in [1.165, 1.54) is 0 Å². The summed E-state index contributed by atoms with van der Waals surface area (Å²) in [6.07, 6.45) is -1.62. The smallest absolute Gasteiger partial charge is 0.341 e. The van der Waals surface area contributed by atoms with E-state index in [0.29, 0.717) is 13.1 Å². The van der Waals surface area contributed by atoms with Crippen molar-refractivity contribution in [1.82, 2.24) is 14.7 Å². The maximum atomic E-state index is 13.0. The number of esters is 1. The first-order chi connectivity index (χ1) is 8.47. The molecule has 0 saturated heterocycles. The third kappa shape index (κ3) is 3.49. The second-order valence-corrected chi connectivity index (χ2v) is 3.99. The van der Waals surface area contributed by atoms with Gasteiger partial charge in [-0.05, 0) is 21.0 Å². The van der Waals surface area contributed by atoms with E-state index >= 15 is 0 Å². The molecule has 0 aliphatic carbocycles. The zero-order valence-corrected chi connectivity index (χ0v) is 10.7. The van der Waals surface area contributed by atoms with Gasteiger partial charge in [-0.2, -0.15) is 5.10 Å². The summed E-state index contributed by atoms with van der Waals surface area (Å²) in [6.45, 7) is 2.62. The molecule has 0 unspecified atom stereocenters. The first-order valence-corrected chi connectivity index (χ1v) is 5.63. The van der Waals surface area contributed by atoms with Crippen LogP contribution < -0.4 is 0 Å². The Bertz CT molecular complexity index is 405. The number of aromatic nitrogens is 2. The molecule has 0 aromatic carbocycles. The molecule has 102 valence electrons. The number of nitrogens with zero attached hydrogens (tertiary/aromatic N) is 3. The van der Waals surface area contributed by atoms with Crippen molar-refractivity contribution in [2.75, 3.05) is 27.2 Å². The second-order valence-electron chi connectivity index (χ2n) is 3.99. The number of carbonyl (C=O) groups is 1. The molecule has 1 heterocycles. The van der Waals surface area contributed by atoms with Crippen LogP contribution >= 0.6 is 0 Å². The van der Waals surface area contributed by atoms with Gasteiger partial charge in [-0.3, -0.25) is 4.68 Å². The molecule has 0 fully saturated rings. The number of ether oxygens (including phenoxy) is 1. The highest BCUT2D eigenvalue weighted by Crippen LogP contribution is 2.23. The molecular weight excluding hydrogens is 244 g/mol. The molecule has 0 aliphatic rings. The SMILES string of the molecule is CCOC(=O)c1cnn(CCN(C)C)c1C(F)F. The Hall–Kier alpha value is -1.50. The summed E-state index contributed by atoms with van der Waals surface area (Å²) in [6, 6.07) is 0. The van der Waals surface area contributed by atoms with Gasteiger partial charge in [0.25, 0.3) is 6.43 Å². The molecule has 0 bridgehead atoms. The van der Waals surface area contributed by atoms with Crippen molar-refractivity contribution in [2.24, 2.45) is 0 Å². The summed E-state index contributed by atoms with van der Waals surface area (Å²) in [5.41, 5.74) is -0.541. The first-order valence-electron chi connectivity index (χ1n) is 5.63. The number of alkyl halides is 2. The fourth-order valence-electron chi connectivity index (χ4n) is 1.46. The minimum Gasteiger partial charge on any atom is -0.462 e. The third-order valence-electron chi connectivity index (χ3n) is 2.34. The monoisotopic (exact) mass is 261 g/mol. The lowest BCUT2D eigenvalue weighted by atomic mass is 10.2. The van der Waals surface area contributed by atoms with Gasteiger partial charge in [0.15, 0.2) is 0 Å². The molecular formula is C11H17F2N3O2. The molecule has 7 heteroatoms. The van der Waals surface area contributed by atoms with Gasteiger partial charge >= 0.3 is 5.97 Å². The zero-order chi connectivity index (χ0) is 13.7. The van der Waals surface area contributed by atoms with Crippen LogP contribution in [0.1, 0.15) is 29.4 Å². The highest BCUT2D eigenvalue weighted by Gasteiger charge is 2.25. The molecule has 1 rings (SSSR count). The largest absolute Gasteiger partial charge is 0.462 e. The van der Waals surface area contributed by atoms with Gasteiger partial charge in [0.2, 0.25) is 0 Å². The molecule has 18 heavy (non-hydrogen) atoms. The maximum Gasteiger partial charge on any atom is 0.341 e. The summed E-state index contributed by atoms with van der Waals surface area (Å²) >= 11 is 0. The number of rotatable bonds is 6. The van der Waals surface area contributed by atoms with Crippen LogP contribution in [0.5, 0.6) is 0 Å². The van der Waals surface area contributed by atoms with Crippen molar-refractivity contribution in [1.29, 1.82) is 0 Å². The van der Waals surface area contributed by atoms with Crippen molar-refractivity contribution < 1.29 is 18.3 Å². The molecule has 0 aliphatic heterocycles. The van der Waals surface area contributed by atoms with Crippen LogP contribution in [-0.2, 0) is 11.3 Å². The first kappa shape index (κ1) is 14.6. The molecule has 0 N–H and O–H groups in total. The van der Waals surface area contributed by atoms with Crippen LogP contribution in [0, 0.1) is 0 Å². The van der Waals surface area contributed by atoms with Crippen LogP contribution in [0.3, 0.4) is 0 Å². The van der Waals surface area contributed by atoms with Crippen LogP contribution in [0.2, 0.25) is 0 Å². The number of hydrogen-bond donors (Lipinski definition) is 0. The van der Waals surface area contributed by atoms with Crippen molar-refractivity contribution >= 4 is 5.97 Å². The van der Waals surface area contributed by atoms with E-state index in [2.05, 4.69) is 5.10 Å². The number of likely N-dealkylation sites (N-methyl/N-ethyl adjacent to an activating group) is 1. The van der Waals surface area contributed by atoms with Crippen molar-refractivity contribution in [3.63, 3.8) is 0 Å². The Kier molecular flexibility index (Phi) is 5.21. The highest BCUT2D eigenvalue weighted by atomic mass is 19.3. The van der Waals surface area contributed by atoms with Gasteiger partial charge in [-0.1, -0.05) is 0 Å². The third-order valence-corrected chi connectivity index (χ3v) is 2.34. The molecule has 0 amide bonds.